The van der Waals surface area contributed by atoms with Crippen molar-refractivity contribution >= 4 is 6.03 Å². The van der Waals surface area contributed by atoms with E-state index in [0.29, 0.717) is 13.0 Å². The Morgan fingerprint density at radius 2 is 1.60 bits per heavy atom. The molecule has 0 atom stereocenters. The van der Waals surface area contributed by atoms with Crippen molar-refractivity contribution in [1.82, 2.24) is 15.1 Å². The molecule has 132 valence electrons. The van der Waals surface area contributed by atoms with Gasteiger partial charge in [-0.15, -0.1) is 0 Å². The first-order chi connectivity index (χ1) is 12.2. The first-order valence-electron chi connectivity index (χ1n) is 8.74. The molecule has 0 aliphatic carbocycles. The summed E-state index contributed by atoms with van der Waals surface area (Å²) in [4.78, 5) is 16.5. The normalized spacial score (nSPS) is 15.2. The number of carbonyl (C=O) groups is 1. The Morgan fingerprint density at radius 1 is 0.920 bits per heavy atom. The van der Waals surface area contributed by atoms with Crippen molar-refractivity contribution in [3.05, 3.63) is 71.5 Å². The van der Waals surface area contributed by atoms with Gasteiger partial charge in [0.05, 0.1) is 0 Å². The van der Waals surface area contributed by atoms with Crippen LogP contribution in [-0.2, 0) is 13.0 Å². The standard InChI is InChI=1S/C20H24FN3O/c21-19-8-6-17(7-9-19)10-11-22-20(25)24-14-12-23(13-15-24)16-18-4-2-1-3-5-18/h1-9H,10-16H2,(H,22,25). The summed E-state index contributed by atoms with van der Waals surface area (Å²) in [5, 5.41) is 2.95. The van der Waals surface area contributed by atoms with E-state index in [4.69, 9.17) is 0 Å². The third kappa shape index (κ3) is 5.29. The number of hydrogen-bond donors (Lipinski definition) is 1. The van der Waals surface area contributed by atoms with Gasteiger partial charge in [0.2, 0.25) is 0 Å². The van der Waals surface area contributed by atoms with Crippen LogP contribution >= 0.6 is 0 Å². The number of amides is 2. The van der Waals surface area contributed by atoms with Gasteiger partial charge in [0.25, 0.3) is 0 Å². The molecule has 0 aromatic heterocycles. The highest BCUT2D eigenvalue weighted by Crippen LogP contribution is 2.08. The number of carbonyl (C=O) groups excluding carboxylic acids is 1. The molecule has 2 aromatic rings. The molecule has 0 radical (unpaired) electrons. The minimum atomic E-state index is -0.235. The number of urea groups is 1. The van der Waals surface area contributed by atoms with Crippen molar-refractivity contribution in [1.29, 1.82) is 0 Å². The molecule has 3 rings (SSSR count). The van der Waals surface area contributed by atoms with E-state index in [1.54, 1.807) is 12.1 Å². The predicted octanol–water partition coefficient (Wildman–Crippen LogP) is 2.90. The second kappa shape index (κ2) is 8.62. The van der Waals surface area contributed by atoms with Crippen LogP contribution in [0.5, 0.6) is 0 Å². The summed E-state index contributed by atoms with van der Waals surface area (Å²) in [7, 11) is 0. The highest BCUT2D eigenvalue weighted by Gasteiger charge is 2.20. The Kier molecular flexibility index (Phi) is 6.01. The number of piperazine rings is 1. The van der Waals surface area contributed by atoms with Crippen LogP contribution in [0.2, 0.25) is 0 Å². The molecule has 1 aliphatic heterocycles. The maximum Gasteiger partial charge on any atom is 0.317 e. The zero-order valence-corrected chi connectivity index (χ0v) is 14.3. The Labute approximate surface area is 148 Å². The molecule has 0 saturated carbocycles. The molecular weight excluding hydrogens is 317 g/mol. The van der Waals surface area contributed by atoms with Crippen LogP contribution in [0.25, 0.3) is 0 Å². The Hall–Kier alpha value is -2.40. The largest absolute Gasteiger partial charge is 0.338 e. The van der Waals surface area contributed by atoms with Crippen molar-refractivity contribution < 1.29 is 9.18 Å². The zero-order chi connectivity index (χ0) is 17.5. The maximum atomic E-state index is 12.9. The lowest BCUT2D eigenvalue weighted by atomic mass is 10.1. The van der Waals surface area contributed by atoms with Crippen LogP contribution < -0.4 is 5.32 Å². The summed E-state index contributed by atoms with van der Waals surface area (Å²) >= 11 is 0. The quantitative estimate of drug-likeness (QED) is 0.908. The SMILES string of the molecule is O=C(NCCc1ccc(F)cc1)N1CCN(Cc2ccccc2)CC1. The minimum Gasteiger partial charge on any atom is -0.338 e. The second-order valence-electron chi connectivity index (χ2n) is 6.36. The van der Waals surface area contributed by atoms with E-state index >= 15 is 0 Å². The molecule has 1 fully saturated rings. The molecule has 1 saturated heterocycles. The second-order valence-corrected chi connectivity index (χ2v) is 6.36. The lowest BCUT2D eigenvalue weighted by Crippen LogP contribution is -2.51. The summed E-state index contributed by atoms with van der Waals surface area (Å²) < 4.78 is 12.9. The van der Waals surface area contributed by atoms with Gasteiger partial charge in [0.15, 0.2) is 0 Å². The number of hydrogen-bond acceptors (Lipinski definition) is 2. The van der Waals surface area contributed by atoms with Crippen molar-refractivity contribution in [3.8, 4) is 0 Å². The lowest BCUT2D eigenvalue weighted by Gasteiger charge is -2.34. The van der Waals surface area contributed by atoms with Gasteiger partial charge < -0.3 is 10.2 Å². The molecule has 25 heavy (non-hydrogen) atoms. The van der Waals surface area contributed by atoms with E-state index in [9.17, 15) is 9.18 Å². The average molecular weight is 341 g/mol. The highest BCUT2D eigenvalue weighted by molar-refractivity contribution is 5.74. The van der Waals surface area contributed by atoms with Crippen molar-refractivity contribution in [2.24, 2.45) is 0 Å². The molecule has 1 N–H and O–H groups in total. The van der Waals surface area contributed by atoms with E-state index in [1.165, 1.54) is 17.7 Å². The summed E-state index contributed by atoms with van der Waals surface area (Å²) in [5.41, 5.74) is 2.33. The molecular formula is C20H24FN3O. The van der Waals surface area contributed by atoms with Crippen LogP contribution in [0.4, 0.5) is 9.18 Å². The van der Waals surface area contributed by atoms with Gasteiger partial charge in [-0.05, 0) is 29.7 Å². The van der Waals surface area contributed by atoms with Crippen LogP contribution in [0.15, 0.2) is 54.6 Å². The molecule has 1 aliphatic rings. The minimum absolute atomic E-state index is 0.0125. The Morgan fingerprint density at radius 3 is 2.28 bits per heavy atom. The average Bonchev–Trinajstić information content (AvgIpc) is 2.65. The van der Waals surface area contributed by atoms with Gasteiger partial charge in [0, 0.05) is 39.3 Å². The molecule has 0 spiro atoms. The first-order valence-corrected chi connectivity index (χ1v) is 8.74. The van der Waals surface area contributed by atoms with Gasteiger partial charge in [-0.3, -0.25) is 4.90 Å². The maximum absolute atomic E-state index is 12.9. The third-order valence-electron chi connectivity index (χ3n) is 4.51. The van der Waals surface area contributed by atoms with E-state index in [-0.39, 0.29) is 11.8 Å². The number of nitrogens with one attached hydrogen (secondary N) is 1. The van der Waals surface area contributed by atoms with Crippen LogP contribution in [0, 0.1) is 5.82 Å². The number of nitrogens with zero attached hydrogens (tertiary/aromatic N) is 2. The predicted molar refractivity (Wildman–Crippen MR) is 96.8 cm³/mol. The lowest BCUT2D eigenvalue weighted by molar-refractivity contribution is 0.135. The van der Waals surface area contributed by atoms with Gasteiger partial charge in [-0.25, -0.2) is 9.18 Å². The Bertz CT molecular complexity index is 667. The summed E-state index contributed by atoms with van der Waals surface area (Å²) in [6.07, 6.45) is 0.708. The van der Waals surface area contributed by atoms with Crippen LogP contribution in [0.3, 0.4) is 0 Å². The third-order valence-corrected chi connectivity index (χ3v) is 4.51. The fraction of sp³-hybridized carbons (Fsp3) is 0.350. The smallest absolute Gasteiger partial charge is 0.317 e. The van der Waals surface area contributed by atoms with Gasteiger partial charge in [-0.1, -0.05) is 42.5 Å². The first kappa shape index (κ1) is 17.4. The van der Waals surface area contributed by atoms with Crippen molar-refractivity contribution in [2.75, 3.05) is 32.7 Å². The number of halogens is 1. The molecule has 0 bridgehead atoms. The van der Waals surface area contributed by atoms with E-state index in [1.807, 2.05) is 11.0 Å². The molecule has 2 aromatic carbocycles. The fourth-order valence-electron chi connectivity index (χ4n) is 3.03. The van der Waals surface area contributed by atoms with Gasteiger partial charge in [0.1, 0.15) is 5.82 Å². The van der Waals surface area contributed by atoms with Gasteiger partial charge >= 0.3 is 6.03 Å². The number of rotatable bonds is 5. The summed E-state index contributed by atoms with van der Waals surface area (Å²) in [6, 6.07) is 16.8. The van der Waals surface area contributed by atoms with E-state index < -0.39 is 0 Å². The van der Waals surface area contributed by atoms with Gasteiger partial charge in [-0.2, -0.15) is 0 Å². The Balaban J connectivity index is 1.37. The van der Waals surface area contributed by atoms with E-state index in [0.717, 1.165) is 38.3 Å². The molecule has 4 nitrogen and oxygen atoms in total. The summed E-state index contributed by atoms with van der Waals surface area (Å²) in [6.45, 7) is 4.76. The summed E-state index contributed by atoms with van der Waals surface area (Å²) in [5.74, 6) is -0.235. The molecule has 2 amide bonds. The van der Waals surface area contributed by atoms with E-state index in [2.05, 4.69) is 34.5 Å². The van der Waals surface area contributed by atoms with Crippen LogP contribution in [-0.4, -0.2) is 48.6 Å². The monoisotopic (exact) mass is 341 g/mol. The molecule has 1 heterocycles. The topological polar surface area (TPSA) is 35.6 Å². The number of benzene rings is 2. The van der Waals surface area contributed by atoms with Crippen molar-refractivity contribution in [2.45, 2.75) is 13.0 Å². The molecule has 0 unspecified atom stereocenters. The zero-order valence-electron chi connectivity index (χ0n) is 14.3. The highest BCUT2D eigenvalue weighted by atomic mass is 19.1. The van der Waals surface area contributed by atoms with Crippen LogP contribution in [0.1, 0.15) is 11.1 Å². The van der Waals surface area contributed by atoms with Crippen molar-refractivity contribution in [3.63, 3.8) is 0 Å². The fourth-order valence-corrected chi connectivity index (χ4v) is 3.03. The molecule has 5 heteroatoms.